The number of hydrogen-bond donors (Lipinski definition) is 1. The average molecular weight is 357 g/mol. The number of aromatic nitrogens is 2. The lowest BCUT2D eigenvalue weighted by atomic mass is 10.1. The van der Waals surface area contributed by atoms with Crippen LogP contribution >= 0.6 is 23.2 Å². The van der Waals surface area contributed by atoms with Crippen molar-refractivity contribution < 1.29 is 14.1 Å². The Morgan fingerprint density at radius 2 is 2.22 bits per heavy atom. The summed E-state index contributed by atoms with van der Waals surface area (Å²) in [6.07, 6.45) is -0.128. The third kappa shape index (κ3) is 3.81. The molecular weight excluding hydrogens is 343 g/mol. The van der Waals surface area contributed by atoms with E-state index in [4.69, 9.17) is 38.2 Å². The molecule has 3 rings (SSSR count). The Labute approximate surface area is 142 Å². The summed E-state index contributed by atoms with van der Waals surface area (Å²) in [6.45, 7) is 2.32. The molecular formula is C14H14Cl2N4O3. The van der Waals surface area contributed by atoms with E-state index in [1.165, 1.54) is 0 Å². The maximum absolute atomic E-state index is 11.0. The van der Waals surface area contributed by atoms with E-state index in [0.29, 0.717) is 42.2 Å². The molecule has 7 nitrogen and oxygen atoms in total. The lowest BCUT2D eigenvalue weighted by Gasteiger charge is -2.32. The van der Waals surface area contributed by atoms with E-state index in [1.54, 1.807) is 12.1 Å². The lowest BCUT2D eigenvalue weighted by molar-refractivity contribution is -0.0355. The number of morpholine rings is 1. The Morgan fingerprint density at radius 1 is 1.39 bits per heavy atom. The summed E-state index contributed by atoms with van der Waals surface area (Å²) >= 11 is 12.0. The van der Waals surface area contributed by atoms with Crippen molar-refractivity contribution in [3.63, 3.8) is 0 Å². The molecule has 1 aromatic carbocycles. The highest BCUT2D eigenvalue weighted by atomic mass is 35.5. The van der Waals surface area contributed by atoms with Gasteiger partial charge in [0.05, 0.1) is 29.3 Å². The van der Waals surface area contributed by atoms with E-state index in [2.05, 4.69) is 15.0 Å². The van der Waals surface area contributed by atoms with Gasteiger partial charge >= 0.3 is 0 Å². The molecule has 9 heteroatoms. The molecule has 122 valence electrons. The highest BCUT2D eigenvalue weighted by molar-refractivity contribution is 6.42. The summed E-state index contributed by atoms with van der Waals surface area (Å²) in [5, 5.41) is 4.53. The van der Waals surface area contributed by atoms with Gasteiger partial charge in [-0.3, -0.25) is 9.69 Å². The van der Waals surface area contributed by atoms with Gasteiger partial charge < -0.3 is 15.0 Å². The molecule has 0 spiro atoms. The number of carbonyl (C=O) groups excluding carboxylic acids is 1. The molecule has 0 bridgehead atoms. The second-order valence-corrected chi connectivity index (χ2v) is 5.96. The van der Waals surface area contributed by atoms with Crippen LogP contribution < -0.4 is 5.73 Å². The predicted molar refractivity (Wildman–Crippen MR) is 83.2 cm³/mol. The maximum Gasteiger partial charge on any atom is 0.290 e. The molecule has 1 saturated heterocycles. The molecule has 0 aliphatic carbocycles. The second kappa shape index (κ2) is 6.84. The van der Waals surface area contributed by atoms with Gasteiger partial charge in [0.25, 0.3) is 11.7 Å². The molecule has 0 unspecified atom stereocenters. The summed E-state index contributed by atoms with van der Waals surface area (Å²) in [5.41, 5.74) is 6.06. The van der Waals surface area contributed by atoms with Crippen LogP contribution in [0, 0.1) is 0 Å². The Morgan fingerprint density at radius 3 is 2.91 bits per heavy atom. The van der Waals surface area contributed by atoms with Crippen molar-refractivity contribution in [3.8, 4) is 0 Å². The van der Waals surface area contributed by atoms with E-state index >= 15 is 0 Å². The third-order valence-corrected chi connectivity index (χ3v) is 4.25. The van der Waals surface area contributed by atoms with Gasteiger partial charge in [-0.25, -0.2) is 0 Å². The van der Waals surface area contributed by atoms with Crippen LogP contribution in [0.15, 0.2) is 22.7 Å². The van der Waals surface area contributed by atoms with Crippen LogP contribution in [-0.2, 0) is 11.3 Å². The minimum atomic E-state index is -0.712. The highest BCUT2D eigenvalue weighted by Gasteiger charge is 2.24. The Kier molecular flexibility index (Phi) is 4.82. The van der Waals surface area contributed by atoms with Crippen molar-refractivity contribution >= 4 is 29.1 Å². The van der Waals surface area contributed by atoms with Crippen LogP contribution in [0.1, 0.15) is 28.2 Å². The van der Waals surface area contributed by atoms with Crippen LogP contribution in [0.3, 0.4) is 0 Å². The normalized spacial score (nSPS) is 19.0. The van der Waals surface area contributed by atoms with Gasteiger partial charge in [-0.05, 0) is 17.7 Å². The number of nitrogens with zero attached hydrogens (tertiary/aromatic N) is 3. The van der Waals surface area contributed by atoms with Crippen LogP contribution in [0.5, 0.6) is 0 Å². The first kappa shape index (κ1) is 16.2. The first-order valence-corrected chi connectivity index (χ1v) is 7.70. The Bertz CT molecular complexity index is 722. The predicted octanol–water partition coefficient (Wildman–Crippen LogP) is 2.05. The van der Waals surface area contributed by atoms with E-state index in [-0.39, 0.29) is 11.9 Å². The van der Waals surface area contributed by atoms with E-state index < -0.39 is 5.91 Å². The van der Waals surface area contributed by atoms with Crippen LogP contribution in [-0.4, -0.2) is 40.6 Å². The number of ether oxygens (including phenoxy) is 1. The van der Waals surface area contributed by atoms with Gasteiger partial charge in [0.1, 0.15) is 0 Å². The molecule has 2 N–H and O–H groups in total. The number of primary amides is 1. The number of carbonyl (C=O) groups is 1. The molecule has 1 aromatic heterocycles. The number of hydrogen-bond acceptors (Lipinski definition) is 6. The minimum Gasteiger partial charge on any atom is -0.371 e. The lowest BCUT2D eigenvalue weighted by Crippen LogP contribution is -2.37. The number of rotatable bonds is 4. The first-order valence-electron chi connectivity index (χ1n) is 6.94. The fourth-order valence-corrected chi connectivity index (χ4v) is 2.68. The number of nitrogens with two attached hydrogens (primary N) is 1. The topological polar surface area (TPSA) is 94.5 Å². The Balaban J connectivity index is 1.67. The zero-order valence-corrected chi connectivity index (χ0v) is 13.5. The second-order valence-electron chi connectivity index (χ2n) is 5.14. The number of halogens is 2. The third-order valence-electron chi connectivity index (χ3n) is 3.51. The van der Waals surface area contributed by atoms with E-state index in [1.807, 2.05) is 6.07 Å². The molecule has 2 heterocycles. The van der Waals surface area contributed by atoms with Crippen molar-refractivity contribution in [3.05, 3.63) is 45.5 Å². The smallest absolute Gasteiger partial charge is 0.290 e. The number of amides is 1. The van der Waals surface area contributed by atoms with Crippen molar-refractivity contribution in [2.45, 2.75) is 12.6 Å². The molecule has 1 aliphatic heterocycles. The van der Waals surface area contributed by atoms with Gasteiger partial charge in [-0.2, -0.15) is 4.98 Å². The monoisotopic (exact) mass is 356 g/mol. The number of benzene rings is 1. The summed E-state index contributed by atoms with van der Waals surface area (Å²) < 4.78 is 10.8. The first-order chi connectivity index (χ1) is 11.0. The Hall–Kier alpha value is -1.67. The van der Waals surface area contributed by atoms with Gasteiger partial charge in [-0.15, -0.1) is 0 Å². The molecule has 23 heavy (non-hydrogen) atoms. The minimum absolute atomic E-state index is 0.116. The van der Waals surface area contributed by atoms with Crippen LogP contribution in [0.2, 0.25) is 10.0 Å². The molecule has 1 atom stereocenters. The van der Waals surface area contributed by atoms with Gasteiger partial charge in [0.15, 0.2) is 0 Å². The van der Waals surface area contributed by atoms with E-state index in [0.717, 1.165) is 5.56 Å². The van der Waals surface area contributed by atoms with Crippen LogP contribution in [0.25, 0.3) is 0 Å². The zero-order valence-electron chi connectivity index (χ0n) is 12.0. The molecule has 0 saturated carbocycles. The molecule has 0 radical (unpaired) electrons. The zero-order chi connectivity index (χ0) is 16.4. The fourth-order valence-electron chi connectivity index (χ4n) is 2.37. The summed E-state index contributed by atoms with van der Waals surface area (Å²) in [4.78, 5) is 17.0. The van der Waals surface area contributed by atoms with Crippen molar-refractivity contribution in [2.24, 2.45) is 5.73 Å². The van der Waals surface area contributed by atoms with Gasteiger partial charge in [0, 0.05) is 13.1 Å². The quantitative estimate of drug-likeness (QED) is 0.900. The highest BCUT2D eigenvalue weighted by Crippen LogP contribution is 2.29. The summed E-state index contributed by atoms with van der Waals surface area (Å²) in [7, 11) is 0. The molecule has 1 aliphatic rings. The van der Waals surface area contributed by atoms with E-state index in [9.17, 15) is 4.79 Å². The van der Waals surface area contributed by atoms with Crippen molar-refractivity contribution in [1.82, 2.24) is 15.0 Å². The maximum atomic E-state index is 11.0. The SMILES string of the molecule is NC(=O)c1noc(CN2CCO[C@H](c3ccc(Cl)c(Cl)c3)C2)n1. The standard InChI is InChI=1S/C14H14Cl2N4O3/c15-9-2-1-8(5-10(9)16)11-6-20(3-4-22-11)7-12-18-14(13(17)21)19-23-12/h1-2,5,11H,3-4,6-7H2,(H2,17,21)/t11-/m0/s1. The van der Waals surface area contributed by atoms with Crippen molar-refractivity contribution in [1.29, 1.82) is 0 Å². The van der Waals surface area contributed by atoms with Gasteiger partial charge in [0.2, 0.25) is 5.89 Å². The molecule has 1 amide bonds. The summed E-state index contributed by atoms with van der Waals surface area (Å²) in [6, 6.07) is 5.44. The fraction of sp³-hybridized carbons (Fsp3) is 0.357. The molecule has 1 fully saturated rings. The largest absolute Gasteiger partial charge is 0.371 e. The summed E-state index contributed by atoms with van der Waals surface area (Å²) in [5.74, 6) is -0.487. The molecule has 2 aromatic rings. The van der Waals surface area contributed by atoms with Crippen molar-refractivity contribution in [2.75, 3.05) is 19.7 Å². The van der Waals surface area contributed by atoms with Gasteiger partial charge in [-0.1, -0.05) is 34.4 Å². The van der Waals surface area contributed by atoms with Crippen LogP contribution in [0.4, 0.5) is 0 Å². The average Bonchev–Trinajstić information content (AvgIpc) is 2.99.